The second-order valence-electron chi connectivity index (χ2n) is 12.0. The molecule has 1 heterocycles. The van der Waals surface area contributed by atoms with Gasteiger partial charge in [-0.15, -0.1) is 0 Å². The van der Waals surface area contributed by atoms with Crippen LogP contribution in [0.4, 0.5) is 11.8 Å². The van der Waals surface area contributed by atoms with Crippen molar-refractivity contribution in [3.8, 4) is 11.1 Å². The Morgan fingerprint density at radius 2 is 1.44 bits per heavy atom. The monoisotopic (exact) mass is 549 g/mol. The summed E-state index contributed by atoms with van der Waals surface area (Å²) in [5.74, 6) is 2.44. The number of fused-ring (bicyclic) bond motifs is 1. The predicted octanol–water partition coefficient (Wildman–Crippen LogP) is 8.25. The standard InChI is InChI=1S/C36H47N5/c1-4-5-6-7-10-27-13-19-30(20-14-27)31-21-15-28(16-22-31)25-37-26-29-17-23-32(24-18-29)38-36-39-34-12-9-8-11-33(34)35(40-36)41(2)3/h8-9,11-16,19-22,29,32,37H,4-7,10,17-18,23-26H2,1-3H3,(H,38,39,40)/t29-,32+. The first-order valence-electron chi connectivity index (χ1n) is 15.7. The Bertz CT molecular complexity index is 1360. The highest BCUT2D eigenvalue weighted by Crippen LogP contribution is 2.28. The number of nitrogens with zero attached hydrogens (tertiary/aromatic N) is 3. The van der Waals surface area contributed by atoms with Crippen LogP contribution in [0.2, 0.25) is 0 Å². The largest absolute Gasteiger partial charge is 0.362 e. The zero-order valence-electron chi connectivity index (χ0n) is 25.2. The Hall–Kier alpha value is -3.44. The van der Waals surface area contributed by atoms with Gasteiger partial charge >= 0.3 is 0 Å². The minimum Gasteiger partial charge on any atom is -0.362 e. The number of hydrogen-bond acceptors (Lipinski definition) is 5. The molecular weight excluding hydrogens is 502 g/mol. The fraction of sp³-hybridized carbons (Fsp3) is 0.444. The summed E-state index contributed by atoms with van der Waals surface area (Å²) in [6, 6.07) is 26.9. The molecule has 5 rings (SSSR count). The zero-order chi connectivity index (χ0) is 28.4. The highest BCUT2D eigenvalue weighted by molar-refractivity contribution is 5.90. The Kier molecular flexibility index (Phi) is 10.2. The first-order chi connectivity index (χ1) is 20.1. The normalized spacial score (nSPS) is 17.0. The van der Waals surface area contributed by atoms with Crippen LogP contribution in [0.3, 0.4) is 0 Å². The van der Waals surface area contributed by atoms with Gasteiger partial charge in [-0.25, -0.2) is 4.98 Å². The summed E-state index contributed by atoms with van der Waals surface area (Å²) in [7, 11) is 4.08. The lowest BCUT2D eigenvalue weighted by molar-refractivity contribution is 0.324. The maximum Gasteiger partial charge on any atom is 0.225 e. The van der Waals surface area contributed by atoms with Gasteiger partial charge in [-0.3, -0.25) is 0 Å². The van der Waals surface area contributed by atoms with E-state index in [0.29, 0.717) is 6.04 Å². The van der Waals surface area contributed by atoms with Gasteiger partial charge in [0.25, 0.3) is 0 Å². The van der Waals surface area contributed by atoms with Crippen LogP contribution in [-0.4, -0.2) is 36.6 Å². The molecule has 1 aromatic heterocycles. The van der Waals surface area contributed by atoms with Crippen molar-refractivity contribution in [2.75, 3.05) is 30.9 Å². The topological polar surface area (TPSA) is 53.1 Å². The maximum atomic E-state index is 4.83. The van der Waals surface area contributed by atoms with E-state index in [0.717, 1.165) is 54.5 Å². The van der Waals surface area contributed by atoms with E-state index in [2.05, 4.69) is 83.1 Å². The minimum absolute atomic E-state index is 0.435. The molecule has 1 aliphatic carbocycles. The zero-order valence-corrected chi connectivity index (χ0v) is 25.2. The van der Waals surface area contributed by atoms with Gasteiger partial charge in [0.1, 0.15) is 5.82 Å². The highest BCUT2D eigenvalue weighted by Gasteiger charge is 2.22. The predicted molar refractivity (Wildman–Crippen MR) is 175 cm³/mol. The molecule has 0 amide bonds. The Morgan fingerprint density at radius 1 is 0.756 bits per heavy atom. The van der Waals surface area contributed by atoms with Gasteiger partial charge in [0.2, 0.25) is 5.95 Å². The number of hydrogen-bond donors (Lipinski definition) is 2. The average molecular weight is 550 g/mol. The first kappa shape index (κ1) is 29.1. The van der Waals surface area contributed by atoms with E-state index in [9.17, 15) is 0 Å². The Morgan fingerprint density at radius 3 is 2.12 bits per heavy atom. The number of aryl methyl sites for hydroxylation is 1. The molecule has 0 aliphatic heterocycles. The van der Waals surface area contributed by atoms with E-state index < -0.39 is 0 Å². The molecule has 4 aromatic rings. The van der Waals surface area contributed by atoms with E-state index in [1.165, 1.54) is 67.2 Å². The molecule has 3 aromatic carbocycles. The molecule has 0 radical (unpaired) electrons. The number of nitrogens with one attached hydrogen (secondary N) is 2. The summed E-state index contributed by atoms with van der Waals surface area (Å²) < 4.78 is 0. The summed E-state index contributed by atoms with van der Waals surface area (Å²) in [6.45, 7) is 4.27. The SMILES string of the molecule is CCCCCCc1ccc(-c2ccc(CNC[C@H]3CC[C@@H](Nc4nc(N(C)C)c5ccccc5n4)CC3)cc2)cc1. The van der Waals surface area contributed by atoms with Crippen LogP contribution in [0.1, 0.15) is 69.4 Å². The van der Waals surface area contributed by atoms with Crippen molar-refractivity contribution in [2.45, 2.75) is 77.3 Å². The van der Waals surface area contributed by atoms with E-state index in [1.54, 1.807) is 0 Å². The van der Waals surface area contributed by atoms with Crippen molar-refractivity contribution < 1.29 is 0 Å². The van der Waals surface area contributed by atoms with Gasteiger partial charge in [-0.05, 0) is 85.4 Å². The molecular formula is C36H47N5. The van der Waals surface area contributed by atoms with Crippen LogP contribution >= 0.6 is 0 Å². The molecule has 1 aliphatic rings. The van der Waals surface area contributed by atoms with Crippen LogP contribution in [-0.2, 0) is 13.0 Å². The summed E-state index contributed by atoms with van der Waals surface area (Å²) in [4.78, 5) is 11.7. The number of rotatable bonds is 13. The van der Waals surface area contributed by atoms with E-state index in [1.807, 2.05) is 26.2 Å². The summed E-state index contributed by atoms with van der Waals surface area (Å²) >= 11 is 0. The lowest BCUT2D eigenvalue weighted by atomic mass is 9.86. The van der Waals surface area contributed by atoms with E-state index >= 15 is 0 Å². The molecule has 0 saturated heterocycles. The quantitative estimate of drug-likeness (QED) is 0.164. The minimum atomic E-state index is 0.435. The fourth-order valence-corrected chi connectivity index (χ4v) is 6.01. The molecule has 5 nitrogen and oxygen atoms in total. The number of para-hydroxylation sites is 1. The molecule has 0 bridgehead atoms. The molecule has 0 unspecified atom stereocenters. The highest BCUT2D eigenvalue weighted by atomic mass is 15.2. The van der Waals surface area contributed by atoms with Crippen LogP contribution < -0.4 is 15.5 Å². The Labute approximate surface area is 246 Å². The van der Waals surface area contributed by atoms with Crippen molar-refractivity contribution >= 4 is 22.7 Å². The van der Waals surface area contributed by atoms with Crippen molar-refractivity contribution in [3.05, 3.63) is 83.9 Å². The van der Waals surface area contributed by atoms with Gasteiger partial charge in [0, 0.05) is 32.1 Å². The third-order valence-electron chi connectivity index (χ3n) is 8.51. The molecule has 216 valence electrons. The van der Waals surface area contributed by atoms with Gasteiger partial charge in [0.05, 0.1) is 5.52 Å². The Balaban J connectivity index is 1.04. The lowest BCUT2D eigenvalue weighted by Crippen LogP contribution is -2.31. The average Bonchev–Trinajstić information content (AvgIpc) is 3.00. The molecule has 41 heavy (non-hydrogen) atoms. The van der Waals surface area contributed by atoms with Crippen LogP contribution in [0.5, 0.6) is 0 Å². The van der Waals surface area contributed by atoms with Crippen LogP contribution in [0.15, 0.2) is 72.8 Å². The van der Waals surface area contributed by atoms with Crippen molar-refractivity contribution in [1.29, 1.82) is 0 Å². The molecule has 5 heteroatoms. The summed E-state index contributed by atoms with van der Waals surface area (Å²) in [5, 5.41) is 8.45. The molecule has 0 spiro atoms. The van der Waals surface area contributed by atoms with E-state index in [-0.39, 0.29) is 0 Å². The van der Waals surface area contributed by atoms with Crippen molar-refractivity contribution in [1.82, 2.24) is 15.3 Å². The first-order valence-corrected chi connectivity index (χ1v) is 15.7. The second kappa shape index (κ2) is 14.5. The van der Waals surface area contributed by atoms with E-state index in [4.69, 9.17) is 9.97 Å². The number of aromatic nitrogens is 2. The number of benzene rings is 3. The maximum absolute atomic E-state index is 4.83. The second-order valence-corrected chi connectivity index (χ2v) is 12.0. The number of unbranched alkanes of at least 4 members (excludes halogenated alkanes) is 3. The van der Waals surface area contributed by atoms with Gasteiger partial charge in [-0.1, -0.05) is 86.8 Å². The van der Waals surface area contributed by atoms with Gasteiger partial charge < -0.3 is 15.5 Å². The van der Waals surface area contributed by atoms with Gasteiger partial charge in [-0.2, -0.15) is 4.98 Å². The van der Waals surface area contributed by atoms with Gasteiger partial charge in [0.15, 0.2) is 0 Å². The molecule has 0 atom stereocenters. The molecule has 2 N–H and O–H groups in total. The number of anilines is 2. The summed E-state index contributed by atoms with van der Waals surface area (Å²) in [5.41, 5.74) is 6.40. The smallest absolute Gasteiger partial charge is 0.225 e. The molecule has 1 fully saturated rings. The third-order valence-corrected chi connectivity index (χ3v) is 8.51. The summed E-state index contributed by atoms with van der Waals surface area (Å²) in [6.07, 6.45) is 11.2. The molecule has 1 saturated carbocycles. The van der Waals surface area contributed by atoms with Crippen molar-refractivity contribution in [2.24, 2.45) is 5.92 Å². The van der Waals surface area contributed by atoms with Crippen LogP contribution in [0.25, 0.3) is 22.0 Å². The third kappa shape index (κ3) is 8.07. The van der Waals surface area contributed by atoms with Crippen molar-refractivity contribution in [3.63, 3.8) is 0 Å². The van der Waals surface area contributed by atoms with Crippen LogP contribution in [0, 0.1) is 5.92 Å². The fourth-order valence-electron chi connectivity index (χ4n) is 6.01. The lowest BCUT2D eigenvalue weighted by Gasteiger charge is -2.29.